The van der Waals surface area contributed by atoms with Crippen molar-refractivity contribution in [2.24, 2.45) is 12.5 Å². The molecule has 15 heteroatoms. The van der Waals surface area contributed by atoms with Gasteiger partial charge in [0.15, 0.2) is 0 Å². The maximum atomic E-state index is 14.2. The number of rotatable bonds is 16. The molecule has 1 heterocycles. The van der Waals surface area contributed by atoms with Crippen molar-refractivity contribution in [3.05, 3.63) is 101 Å². The topological polar surface area (TPSA) is 193 Å². The van der Waals surface area contributed by atoms with Crippen LogP contribution in [0.15, 0.2) is 84.0 Å². The number of hydrogen-bond donors (Lipinski definition) is 6. The van der Waals surface area contributed by atoms with Crippen LogP contribution in [0.25, 0.3) is 0 Å². The molecule has 4 aromatic rings. The van der Waals surface area contributed by atoms with E-state index in [2.05, 4.69) is 36.7 Å². The van der Waals surface area contributed by atoms with E-state index < -0.39 is 59.5 Å². The van der Waals surface area contributed by atoms with Crippen molar-refractivity contribution < 1.29 is 29.3 Å². The van der Waals surface area contributed by atoms with Gasteiger partial charge in [0.25, 0.3) is 0 Å². The third kappa shape index (κ3) is 10.6. The molecular formula is C38H48N8O6S. The van der Waals surface area contributed by atoms with Crippen LogP contribution in [0.3, 0.4) is 0 Å². The standard InChI is InChI=1S/C38H48N8O6S/c1-38(2,3)34(41-30(48)22-53-37-43-45-46(4)44-37)36(51)40-28(19-23-11-7-6-8-12-23)33(49)32(39-21-24-15-17-26(52-5)18-16-24)35(50)42-31-27-14-10-9-13-25(27)20-29(31)47/h6-18,28-29,31-34,39,47,49H,19-22H2,1-5H3,(H,40,51)(H,41,48)(H,42,50)/t28-,29+,31?,32+,33+,34+/m0/s1. The van der Waals surface area contributed by atoms with E-state index in [-0.39, 0.29) is 18.7 Å². The summed E-state index contributed by atoms with van der Waals surface area (Å²) in [6, 6.07) is 20.2. The molecule has 282 valence electrons. The van der Waals surface area contributed by atoms with Gasteiger partial charge >= 0.3 is 0 Å². The summed E-state index contributed by atoms with van der Waals surface area (Å²) in [6.07, 6.45) is -1.75. The molecule has 3 aromatic carbocycles. The third-order valence-electron chi connectivity index (χ3n) is 9.11. The first kappa shape index (κ1) is 39.4. The molecule has 1 aliphatic rings. The van der Waals surface area contributed by atoms with Crippen LogP contribution in [0.4, 0.5) is 0 Å². The largest absolute Gasteiger partial charge is 0.497 e. The number of aryl methyl sites for hydroxylation is 1. The Morgan fingerprint density at radius 2 is 1.66 bits per heavy atom. The fourth-order valence-electron chi connectivity index (χ4n) is 6.29. The van der Waals surface area contributed by atoms with Crippen molar-refractivity contribution in [3.8, 4) is 5.75 Å². The number of amides is 3. The van der Waals surface area contributed by atoms with E-state index in [9.17, 15) is 24.6 Å². The monoisotopic (exact) mass is 744 g/mol. The number of benzene rings is 3. The fraction of sp³-hybridized carbons (Fsp3) is 0.421. The number of fused-ring (bicyclic) bond motifs is 1. The second-order valence-corrected chi connectivity index (χ2v) is 15.1. The van der Waals surface area contributed by atoms with E-state index in [0.717, 1.165) is 34.0 Å². The first-order valence-electron chi connectivity index (χ1n) is 17.4. The number of aliphatic hydroxyl groups excluding tert-OH is 2. The van der Waals surface area contributed by atoms with Gasteiger partial charge in [-0.25, -0.2) is 0 Å². The van der Waals surface area contributed by atoms with Crippen molar-refractivity contribution in [2.75, 3.05) is 12.9 Å². The maximum absolute atomic E-state index is 14.2. The zero-order valence-electron chi connectivity index (χ0n) is 30.5. The fourth-order valence-corrected chi connectivity index (χ4v) is 6.90. The summed E-state index contributed by atoms with van der Waals surface area (Å²) in [4.78, 5) is 42.8. The van der Waals surface area contributed by atoms with Gasteiger partial charge in [-0.15, -0.1) is 10.2 Å². The minimum absolute atomic E-state index is 0.0463. The molecule has 0 bridgehead atoms. The Hall–Kier alpha value is -4.83. The highest BCUT2D eigenvalue weighted by atomic mass is 32.2. The summed E-state index contributed by atoms with van der Waals surface area (Å²) in [7, 11) is 3.20. The van der Waals surface area contributed by atoms with Crippen LogP contribution in [-0.2, 0) is 40.8 Å². The number of nitrogens with zero attached hydrogens (tertiary/aromatic N) is 4. The lowest BCUT2D eigenvalue weighted by Crippen LogP contribution is -2.62. The Kier molecular flexibility index (Phi) is 13.2. The number of ether oxygens (including phenoxy) is 1. The molecule has 14 nitrogen and oxygen atoms in total. The summed E-state index contributed by atoms with van der Waals surface area (Å²) >= 11 is 1.09. The second kappa shape index (κ2) is 17.8. The van der Waals surface area contributed by atoms with Crippen LogP contribution in [0.5, 0.6) is 5.75 Å². The molecule has 5 rings (SSSR count). The molecule has 0 saturated carbocycles. The second-order valence-electron chi connectivity index (χ2n) is 14.2. The molecule has 1 unspecified atom stereocenters. The van der Waals surface area contributed by atoms with Crippen LogP contribution in [0, 0.1) is 5.41 Å². The van der Waals surface area contributed by atoms with Gasteiger partial charge in [-0.1, -0.05) is 99.3 Å². The van der Waals surface area contributed by atoms with Crippen molar-refractivity contribution in [3.63, 3.8) is 0 Å². The summed E-state index contributed by atoms with van der Waals surface area (Å²) in [5.41, 5.74) is 2.66. The predicted octanol–water partition coefficient (Wildman–Crippen LogP) is 1.86. The van der Waals surface area contributed by atoms with Gasteiger partial charge in [-0.2, -0.15) is 4.80 Å². The first-order valence-corrected chi connectivity index (χ1v) is 18.4. The van der Waals surface area contributed by atoms with Gasteiger partial charge in [-0.3, -0.25) is 19.7 Å². The van der Waals surface area contributed by atoms with Crippen LogP contribution >= 0.6 is 11.8 Å². The molecule has 1 aliphatic carbocycles. The number of aliphatic hydroxyl groups is 2. The summed E-state index contributed by atoms with van der Waals surface area (Å²) in [5.74, 6) is -0.856. The zero-order chi connectivity index (χ0) is 38.1. The molecule has 0 fully saturated rings. The average molecular weight is 745 g/mol. The summed E-state index contributed by atoms with van der Waals surface area (Å²) in [5, 5.41) is 47.2. The number of thioether (sulfide) groups is 1. The van der Waals surface area contributed by atoms with E-state index in [1.54, 1.807) is 26.3 Å². The molecule has 6 N–H and O–H groups in total. The van der Waals surface area contributed by atoms with Gasteiger partial charge in [0.05, 0.1) is 44.2 Å². The normalized spacial score (nSPS) is 17.6. The number of carbonyl (C=O) groups is 3. The first-order chi connectivity index (χ1) is 25.3. The van der Waals surface area contributed by atoms with Crippen molar-refractivity contribution in [1.29, 1.82) is 0 Å². The van der Waals surface area contributed by atoms with Gasteiger partial charge in [-0.05, 0) is 51.4 Å². The quantitative estimate of drug-likeness (QED) is 0.0919. The van der Waals surface area contributed by atoms with Gasteiger partial charge in [0.2, 0.25) is 22.9 Å². The lowest BCUT2D eigenvalue weighted by molar-refractivity contribution is -0.133. The zero-order valence-corrected chi connectivity index (χ0v) is 31.3. The van der Waals surface area contributed by atoms with Crippen molar-refractivity contribution in [2.45, 2.75) is 81.7 Å². The highest BCUT2D eigenvalue weighted by Crippen LogP contribution is 2.31. The Morgan fingerprint density at radius 3 is 2.32 bits per heavy atom. The van der Waals surface area contributed by atoms with Crippen LogP contribution in [0.1, 0.15) is 49.1 Å². The highest BCUT2D eigenvalue weighted by Gasteiger charge is 2.40. The Balaban J connectivity index is 1.40. The van der Waals surface area contributed by atoms with Crippen LogP contribution in [-0.4, -0.2) is 91.3 Å². The Morgan fingerprint density at radius 1 is 0.962 bits per heavy atom. The van der Waals surface area contributed by atoms with Crippen LogP contribution in [0.2, 0.25) is 0 Å². The third-order valence-corrected chi connectivity index (χ3v) is 9.93. The van der Waals surface area contributed by atoms with E-state index >= 15 is 0 Å². The van der Waals surface area contributed by atoms with Gasteiger partial charge in [0, 0.05) is 13.0 Å². The SMILES string of the molecule is COc1ccc(CN[C@@H](C(=O)NC2c3ccccc3C[C@H]2O)[C@H](O)[C@H](Cc2ccccc2)NC(=O)[C@@H](NC(=O)CSc2nnn(C)n2)C(C)(C)C)cc1. The van der Waals surface area contributed by atoms with Gasteiger partial charge < -0.3 is 30.9 Å². The molecule has 3 amide bonds. The number of nitrogens with one attached hydrogen (secondary N) is 4. The van der Waals surface area contributed by atoms with Crippen LogP contribution < -0.4 is 26.0 Å². The number of tetrazole rings is 1. The molecule has 0 radical (unpaired) electrons. The molecule has 0 saturated heterocycles. The average Bonchev–Trinajstić information content (AvgIpc) is 3.70. The smallest absolute Gasteiger partial charge is 0.243 e. The van der Waals surface area contributed by atoms with E-state index in [0.29, 0.717) is 17.3 Å². The van der Waals surface area contributed by atoms with E-state index in [1.807, 2.05) is 87.5 Å². The predicted molar refractivity (Wildman–Crippen MR) is 200 cm³/mol. The lowest BCUT2D eigenvalue weighted by atomic mass is 9.85. The van der Waals surface area contributed by atoms with Gasteiger partial charge in [0.1, 0.15) is 17.8 Å². The lowest BCUT2D eigenvalue weighted by Gasteiger charge is -2.35. The summed E-state index contributed by atoms with van der Waals surface area (Å²) < 4.78 is 5.29. The molecule has 0 spiro atoms. The minimum atomic E-state index is -1.46. The molecular weight excluding hydrogens is 697 g/mol. The van der Waals surface area contributed by atoms with E-state index in [4.69, 9.17) is 4.74 Å². The number of hydrogen-bond acceptors (Lipinski definition) is 11. The molecule has 0 aliphatic heterocycles. The molecule has 1 aromatic heterocycles. The van der Waals surface area contributed by atoms with Crippen molar-refractivity contribution in [1.82, 2.24) is 41.5 Å². The molecule has 53 heavy (non-hydrogen) atoms. The number of aromatic nitrogens is 4. The van der Waals surface area contributed by atoms with E-state index in [1.165, 1.54) is 4.80 Å². The number of carbonyl (C=O) groups excluding carboxylic acids is 3. The molecule has 6 atom stereocenters. The highest BCUT2D eigenvalue weighted by molar-refractivity contribution is 7.99. The summed E-state index contributed by atoms with van der Waals surface area (Å²) in [6.45, 7) is 5.69. The number of methoxy groups -OCH3 is 1. The Bertz CT molecular complexity index is 1830. The maximum Gasteiger partial charge on any atom is 0.243 e. The van der Waals surface area contributed by atoms with Crippen molar-refractivity contribution >= 4 is 29.5 Å². The minimum Gasteiger partial charge on any atom is -0.497 e. The Labute approximate surface area is 313 Å².